The van der Waals surface area contributed by atoms with E-state index in [9.17, 15) is 9.59 Å². The Morgan fingerprint density at radius 1 is 0.281 bits per heavy atom. The monoisotopic (exact) mass is 1270 g/mol. The fourth-order valence-corrected chi connectivity index (χ4v) is 6.51. The molecule has 0 aliphatic carbocycles. The van der Waals surface area contributed by atoms with Gasteiger partial charge in [-0.05, 0) is 55.1 Å². The number of hydrogen-bond donors (Lipinski definition) is 2. The highest BCUT2D eigenvalue weighted by molar-refractivity contribution is 5.76. The van der Waals surface area contributed by atoms with Crippen molar-refractivity contribution in [3.63, 3.8) is 0 Å². The van der Waals surface area contributed by atoms with Crippen LogP contribution in [0.15, 0.2) is 72.8 Å². The van der Waals surface area contributed by atoms with Crippen LogP contribution in [0, 0.1) is 29.1 Å². The summed E-state index contributed by atoms with van der Waals surface area (Å²) in [5.74, 6) is 2.54. The van der Waals surface area contributed by atoms with Gasteiger partial charge in [-0.15, -0.1) is 0 Å². The second-order valence-corrected chi connectivity index (χ2v) is 21.5. The molecule has 0 atom stereocenters. The second-order valence-electron chi connectivity index (χ2n) is 21.5. The summed E-state index contributed by atoms with van der Waals surface area (Å²) in [4.78, 5) is 26.3. The van der Waals surface area contributed by atoms with Gasteiger partial charge < -0.3 is 15.5 Å². The number of carbonyl (C=O) groups is 2. The first-order valence-corrected chi connectivity index (χ1v) is 36.0. The van der Waals surface area contributed by atoms with Crippen LogP contribution in [-0.4, -0.2) is 49.4 Å². The highest BCUT2D eigenvalue weighted by Gasteiger charge is 2.20. The Labute approximate surface area is 575 Å². The zero-order valence-electron chi connectivity index (χ0n) is 63.8. The van der Waals surface area contributed by atoms with Crippen molar-refractivity contribution in [3.8, 4) is 0 Å². The molecule has 0 heterocycles. The maximum atomic E-state index is 12.0. The second kappa shape index (κ2) is 138. The standard InChI is InChI=1S/C19H38N2O2.C9H20.C7H16.C6H15N.2C6H6.C4H10.7C3H8.6CH4/c1-6-15(7-2)11-18(22)20-13-17(10-5)14-21-19(23)12-16(8-3)9-4;1-5-9(6-2,7-3)8-4;2*1-4-7(5-2)6-3;2*1-2-4-6-5-3-1;1-3-4-2;7*1-3-2;;;;;;/h15-17H,6-14H2,1-5H3,(H,20,22)(H,21,23);5-8H2,1-4H3;7H,4-6H2,1-3H3;4-6H2,1-3H3;2*1-6H;3-4H2,1-2H3;7*3H2,1-2H3;6*1H4. The van der Waals surface area contributed by atoms with Gasteiger partial charge in [0.1, 0.15) is 0 Å². The minimum Gasteiger partial charge on any atom is -0.356 e. The molecule has 2 N–H and O–H groups in total. The van der Waals surface area contributed by atoms with Crippen LogP contribution in [-0.2, 0) is 9.59 Å². The third-order valence-electron chi connectivity index (χ3n) is 12.9. The lowest BCUT2D eigenvalue weighted by Gasteiger charge is -2.28. The highest BCUT2D eigenvalue weighted by Crippen LogP contribution is 2.33. The van der Waals surface area contributed by atoms with Crippen LogP contribution in [0.3, 0.4) is 0 Å². The third kappa shape index (κ3) is 153. The van der Waals surface area contributed by atoms with E-state index in [1.165, 1.54) is 122 Å². The molecule has 0 radical (unpaired) electrons. The lowest BCUT2D eigenvalue weighted by Crippen LogP contribution is -2.37. The molecule has 0 spiro atoms. The number of carbonyl (C=O) groups excluding carboxylic acids is 2. The molecule has 554 valence electrons. The maximum absolute atomic E-state index is 12.0. The smallest absolute Gasteiger partial charge is 0.220 e. The number of nitrogens with zero attached hydrogens (tertiary/aromatic N) is 1. The van der Waals surface area contributed by atoms with E-state index in [1.54, 1.807) is 0 Å². The lowest BCUT2D eigenvalue weighted by atomic mass is 9.78. The Morgan fingerprint density at radius 3 is 0.517 bits per heavy atom. The summed E-state index contributed by atoms with van der Waals surface area (Å²) in [5.41, 5.74) is 0.667. The van der Waals surface area contributed by atoms with Gasteiger partial charge >= 0.3 is 0 Å². The summed E-state index contributed by atoms with van der Waals surface area (Å²) in [6, 6.07) is 24.0. The van der Waals surface area contributed by atoms with Gasteiger partial charge in [-0.3, -0.25) is 9.59 Å². The quantitative estimate of drug-likeness (QED) is 0.110. The largest absolute Gasteiger partial charge is 0.356 e. The van der Waals surface area contributed by atoms with Crippen LogP contribution < -0.4 is 10.6 Å². The fourth-order valence-electron chi connectivity index (χ4n) is 6.51. The first kappa shape index (κ1) is 135. The van der Waals surface area contributed by atoms with Crippen LogP contribution in [0.5, 0.6) is 0 Å². The molecule has 0 unspecified atom stereocenters. The molecule has 5 nitrogen and oxygen atoms in total. The molecule has 0 bridgehead atoms. The normalized spacial score (nSPS) is 8.58. The number of hydrogen-bond acceptors (Lipinski definition) is 3. The van der Waals surface area contributed by atoms with Crippen molar-refractivity contribution >= 4 is 11.8 Å². The van der Waals surface area contributed by atoms with Crippen molar-refractivity contribution < 1.29 is 9.59 Å². The number of rotatable bonds is 24. The Hall–Kier alpha value is -2.66. The van der Waals surface area contributed by atoms with E-state index in [4.69, 9.17) is 0 Å². The van der Waals surface area contributed by atoms with Gasteiger partial charge in [0.15, 0.2) is 0 Å². The molecule has 0 saturated carbocycles. The Bertz CT molecular complexity index is 1010. The van der Waals surface area contributed by atoms with Crippen molar-refractivity contribution in [2.24, 2.45) is 29.1 Å². The molecular formula is C84H191N3O2. The van der Waals surface area contributed by atoms with Crippen LogP contribution >= 0.6 is 0 Å². The molecular weight excluding hydrogens is 1080 g/mol. The van der Waals surface area contributed by atoms with Crippen molar-refractivity contribution in [2.45, 2.75) is 407 Å². The number of amides is 2. The van der Waals surface area contributed by atoms with Crippen LogP contribution in [0.2, 0.25) is 0 Å². The minimum absolute atomic E-state index is 0. The predicted octanol–water partition coefficient (Wildman–Crippen LogP) is 30.6. The lowest BCUT2D eigenvalue weighted by molar-refractivity contribution is -0.122. The molecule has 5 heteroatoms. The molecule has 0 fully saturated rings. The molecule has 0 aliphatic rings. The van der Waals surface area contributed by atoms with E-state index in [-0.39, 0.29) is 56.4 Å². The molecule has 89 heavy (non-hydrogen) atoms. The summed E-state index contributed by atoms with van der Waals surface area (Å²) in [6.07, 6.45) is 27.2. The van der Waals surface area contributed by atoms with E-state index in [0.717, 1.165) is 38.0 Å². The average molecular weight is 1280 g/mol. The average Bonchev–Trinajstić information content (AvgIpc) is 3.50. The summed E-state index contributed by atoms with van der Waals surface area (Å²) in [7, 11) is 0. The topological polar surface area (TPSA) is 61.4 Å². The van der Waals surface area contributed by atoms with E-state index < -0.39 is 0 Å². The third-order valence-corrected chi connectivity index (χ3v) is 12.9. The van der Waals surface area contributed by atoms with E-state index in [0.29, 0.717) is 49.1 Å². The van der Waals surface area contributed by atoms with Gasteiger partial charge in [0.05, 0.1) is 0 Å². The van der Waals surface area contributed by atoms with E-state index >= 15 is 0 Å². The molecule has 2 aromatic rings. The summed E-state index contributed by atoms with van der Waals surface area (Å²) >= 11 is 0. The molecule has 2 amide bonds. The Kier molecular flexibility index (Phi) is 209. The number of nitrogens with one attached hydrogen (secondary N) is 2. The van der Waals surface area contributed by atoms with Crippen molar-refractivity contribution in [1.82, 2.24) is 15.5 Å². The van der Waals surface area contributed by atoms with Crippen LogP contribution in [0.4, 0.5) is 0 Å². The van der Waals surface area contributed by atoms with Gasteiger partial charge in [0.25, 0.3) is 0 Å². The number of unbranched alkanes of at least 4 members (excludes halogenated alkanes) is 1. The van der Waals surface area contributed by atoms with Gasteiger partial charge in [-0.2, -0.15) is 0 Å². The first-order chi connectivity index (χ1) is 39.7. The van der Waals surface area contributed by atoms with Crippen molar-refractivity contribution in [2.75, 3.05) is 32.7 Å². The summed E-state index contributed by atoms with van der Waals surface area (Å²) in [5, 5.41) is 6.06. The SMILES string of the molecule is C.C.C.C.C.C.CCC.CCC.CCC.CCC.CCC.CCC.CCC.CCC(CC)(CC)CC.CCC(CC)CC.CCC(CNC(=O)CC(CC)CC)CNC(=O)CC(CC)CC.CCCC.CCN(CC)CC.c1ccccc1.c1ccccc1. The van der Waals surface area contributed by atoms with Crippen molar-refractivity contribution in [1.29, 1.82) is 0 Å². The molecule has 0 aromatic heterocycles. The highest BCUT2D eigenvalue weighted by atomic mass is 16.2. The molecule has 2 aromatic carbocycles. The Balaban J connectivity index is -0.0000000409. The zero-order valence-corrected chi connectivity index (χ0v) is 63.8. The molecule has 0 saturated heterocycles. The van der Waals surface area contributed by atoms with Gasteiger partial charge in [0, 0.05) is 25.9 Å². The number of benzene rings is 2. The minimum atomic E-state index is 0. The van der Waals surface area contributed by atoms with Crippen LogP contribution in [0.1, 0.15) is 407 Å². The Morgan fingerprint density at radius 2 is 0.438 bits per heavy atom. The van der Waals surface area contributed by atoms with Crippen molar-refractivity contribution in [3.05, 3.63) is 72.8 Å². The molecule has 2 rings (SSSR count). The van der Waals surface area contributed by atoms with E-state index in [1.807, 2.05) is 72.8 Å². The molecule has 0 aliphatic heterocycles. The van der Waals surface area contributed by atoms with Crippen LogP contribution in [0.25, 0.3) is 0 Å². The summed E-state index contributed by atoms with van der Waals surface area (Å²) in [6.45, 7) is 72.2. The summed E-state index contributed by atoms with van der Waals surface area (Å²) < 4.78 is 0. The zero-order chi connectivity index (χ0) is 67.2. The van der Waals surface area contributed by atoms with Gasteiger partial charge in [-0.1, -0.05) is 460 Å². The maximum Gasteiger partial charge on any atom is 0.220 e. The first-order valence-electron chi connectivity index (χ1n) is 36.0. The fraction of sp³-hybridized carbons (Fsp3) is 0.833. The van der Waals surface area contributed by atoms with Gasteiger partial charge in [0.2, 0.25) is 11.8 Å². The van der Waals surface area contributed by atoms with Gasteiger partial charge in [-0.25, -0.2) is 0 Å². The predicted molar refractivity (Wildman–Crippen MR) is 434 cm³/mol. The van der Waals surface area contributed by atoms with E-state index in [2.05, 4.69) is 230 Å².